The van der Waals surface area contributed by atoms with Crippen molar-refractivity contribution in [3.63, 3.8) is 0 Å². The van der Waals surface area contributed by atoms with E-state index in [4.69, 9.17) is 4.74 Å². The second-order valence-corrected chi connectivity index (χ2v) is 13.7. The van der Waals surface area contributed by atoms with Gasteiger partial charge in [-0.05, 0) is 72.2 Å². The Morgan fingerprint density at radius 1 is 1.04 bits per heavy atom. The molecule has 248 valence electrons. The van der Waals surface area contributed by atoms with Crippen LogP contribution in [0.4, 0.5) is 33.3 Å². The monoisotopic (exact) mass is 663 g/mol. The van der Waals surface area contributed by atoms with Crippen molar-refractivity contribution in [3.05, 3.63) is 52.5 Å². The lowest BCUT2D eigenvalue weighted by atomic mass is 10.1. The molecule has 2 aliphatic heterocycles. The van der Waals surface area contributed by atoms with E-state index in [-0.39, 0.29) is 40.3 Å². The van der Waals surface area contributed by atoms with Gasteiger partial charge in [0.2, 0.25) is 0 Å². The Balaban J connectivity index is 1.31. The van der Waals surface area contributed by atoms with E-state index in [1.807, 2.05) is 32.6 Å². The number of amides is 2. The van der Waals surface area contributed by atoms with Crippen LogP contribution in [0.5, 0.6) is 0 Å². The van der Waals surface area contributed by atoms with E-state index in [0.29, 0.717) is 42.9 Å². The Kier molecular flexibility index (Phi) is 9.55. The zero-order valence-corrected chi connectivity index (χ0v) is 27.1. The van der Waals surface area contributed by atoms with Crippen molar-refractivity contribution >= 4 is 34.3 Å². The molecule has 0 saturated carbocycles. The molecule has 2 aliphatic rings. The summed E-state index contributed by atoms with van der Waals surface area (Å²) in [5.74, 6) is -1.09. The summed E-state index contributed by atoms with van der Waals surface area (Å²) in [6.07, 6.45) is -0.317. The summed E-state index contributed by atoms with van der Waals surface area (Å²) in [6.45, 7) is 12.0. The quantitative estimate of drug-likeness (QED) is 0.301. The van der Waals surface area contributed by atoms with Gasteiger partial charge in [0, 0.05) is 48.7 Å². The van der Waals surface area contributed by atoms with Crippen molar-refractivity contribution in [3.8, 4) is 11.3 Å². The summed E-state index contributed by atoms with van der Waals surface area (Å²) in [5.41, 5.74) is -1.52. The third kappa shape index (κ3) is 7.92. The molecule has 2 atom stereocenters. The summed E-state index contributed by atoms with van der Waals surface area (Å²) in [4.78, 5) is 45.3. The summed E-state index contributed by atoms with van der Waals surface area (Å²) in [6, 6.07) is 2.53. The van der Waals surface area contributed by atoms with Gasteiger partial charge >= 0.3 is 12.3 Å². The number of thiazole rings is 1. The van der Waals surface area contributed by atoms with E-state index in [0.717, 1.165) is 42.9 Å². The highest BCUT2D eigenvalue weighted by Crippen LogP contribution is 2.38. The van der Waals surface area contributed by atoms with Crippen molar-refractivity contribution < 1.29 is 31.9 Å². The average Bonchev–Trinajstić information content (AvgIpc) is 3.56. The molecule has 0 spiro atoms. The standard InChI is InChI=1S/C31H37F4N7O3S/c1-18-7-6-8-40(18)17-24-26(20-11-21(31(33,34)35)13-22(32)12-20)38-28(46-24)39-27(43)23-14-37-25(15-36-23)42-10-9-41(16-19(42)2)29(44)45-30(3,4)5/h11-15,18-19H,6-10,16-17H2,1-5H3,(H,38,39,43)/t18-,19-/m1/s1. The molecule has 0 bridgehead atoms. The number of hydrogen-bond acceptors (Lipinski definition) is 9. The van der Waals surface area contributed by atoms with Crippen molar-refractivity contribution in [1.82, 2.24) is 24.8 Å². The van der Waals surface area contributed by atoms with Crippen LogP contribution in [0, 0.1) is 5.82 Å². The maximum atomic E-state index is 14.3. The van der Waals surface area contributed by atoms with Crippen LogP contribution in [0.25, 0.3) is 11.3 Å². The van der Waals surface area contributed by atoms with Gasteiger partial charge in [-0.15, -0.1) is 0 Å². The van der Waals surface area contributed by atoms with Crippen LogP contribution in [-0.2, 0) is 17.5 Å². The Morgan fingerprint density at radius 2 is 1.80 bits per heavy atom. The highest BCUT2D eigenvalue weighted by Gasteiger charge is 2.33. The molecule has 0 unspecified atom stereocenters. The molecule has 2 fully saturated rings. The molecule has 2 aromatic heterocycles. The highest BCUT2D eigenvalue weighted by atomic mass is 32.1. The largest absolute Gasteiger partial charge is 0.444 e. The Morgan fingerprint density at radius 3 is 2.41 bits per heavy atom. The first-order valence-electron chi connectivity index (χ1n) is 15.1. The van der Waals surface area contributed by atoms with Crippen LogP contribution in [-0.4, -0.2) is 80.6 Å². The Labute approximate surface area is 268 Å². The van der Waals surface area contributed by atoms with Crippen LogP contribution in [0.3, 0.4) is 0 Å². The lowest BCUT2D eigenvalue weighted by molar-refractivity contribution is -0.137. The van der Waals surface area contributed by atoms with Crippen molar-refractivity contribution in [2.45, 2.75) is 77.9 Å². The van der Waals surface area contributed by atoms with Crippen molar-refractivity contribution in [1.29, 1.82) is 0 Å². The average molecular weight is 664 g/mol. The topological polar surface area (TPSA) is 104 Å². The fraction of sp³-hybridized carbons (Fsp3) is 0.516. The smallest absolute Gasteiger partial charge is 0.416 e. The van der Waals surface area contributed by atoms with E-state index in [9.17, 15) is 27.2 Å². The predicted molar refractivity (Wildman–Crippen MR) is 166 cm³/mol. The molecule has 2 saturated heterocycles. The SMILES string of the molecule is C[C@@H]1CCCN1Cc1sc(NC(=O)c2cnc(N3CCN(C(=O)OC(C)(C)C)C[C@H]3C)cn2)nc1-c1cc(F)cc(C(F)(F)F)c1. The first-order chi connectivity index (χ1) is 21.6. The van der Waals surface area contributed by atoms with Gasteiger partial charge < -0.3 is 14.5 Å². The van der Waals surface area contributed by atoms with Gasteiger partial charge in [0.1, 0.15) is 22.9 Å². The van der Waals surface area contributed by atoms with E-state index in [1.54, 1.807) is 4.90 Å². The molecule has 2 amide bonds. The molecule has 4 heterocycles. The highest BCUT2D eigenvalue weighted by molar-refractivity contribution is 7.16. The molecule has 15 heteroatoms. The third-order valence-electron chi connectivity index (χ3n) is 7.90. The molecule has 1 aromatic carbocycles. The van der Waals surface area contributed by atoms with Gasteiger partial charge in [-0.25, -0.2) is 24.1 Å². The maximum Gasteiger partial charge on any atom is 0.416 e. The second kappa shape index (κ2) is 13.1. The second-order valence-electron chi connectivity index (χ2n) is 12.7. The lowest BCUT2D eigenvalue weighted by Gasteiger charge is -2.40. The number of nitrogens with one attached hydrogen (secondary N) is 1. The van der Waals surface area contributed by atoms with Crippen molar-refractivity contribution in [2.75, 3.05) is 36.4 Å². The molecule has 0 radical (unpaired) electrons. The number of likely N-dealkylation sites (tertiary alicyclic amines) is 1. The molecular weight excluding hydrogens is 626 g/mol. The maximum absolute atomic E-state index is 14.3. The number of carbonyl (C=O) groups is 2. The summed E-state index contributed by atoms with van der Waals surface area (Å²) < 4.78 is 60.3. The third-order valence-corrected chi connectivity index (χ3v) is 8.85. The van der Waals surface area contributed by atoms with E-state index in [1.165, 1.54) is 12.4 Å². The van der Waals surface area contributed by atoms with Gasteiger partial charge in [0.15, 0.2) is 5.13 Å². The summed E-state index contributed by atoms with van der Waals surface area (Å²) in [5, 5.41) is 2.84. The number of nitrogens with zero attached hydrogens (tertiary/aromatic N) is 6. The van der Waals surface area contributed by atoms with Crippen LogP contribution in [0.2, 0.25) is 0 Å². The van der Waals surface area contributed by atoms with E-state index < -0.39 is 29.1 Å². The van der Waals surface area contributed by atoms with E-state index >= 15 is 0 Å². The number of ether oxygens (including phenoxy) is 1. The zero-order valence-electron chi connectivity index (χ0n) is 26.3. The number of piperazine rings is 1. The van der Waals surface area contributed by atoms with Gasteiger partial charge in [0.25, 0.3) is 5.91 Å². The molecular formula is C31H37F4N7O3S. The Bertz CT molecular complexity index is 1580. The molecule has 5 rings (SSSR count). The first kappa shape index (κ1) is 33.5. The van der Waals surface area contributed by atoms with Gasteiger partial charge in [-0.2, -0.15) is 13.2 Å². The lowest BCUT2D eigenvalue weighted by Crippen LogP contribution is -2.54. The number of anilines is 2. The predicted octanol–water partition coefficient (Wildman–Crippen LogP) is 6.44. The molecule has 10 nitrogen and oxygen atoms in total. The Hall–Kier alpha value is -3.85. The minimum absolute atomic E-state index is 0.0142. The normalized spacial score (nSPS) is 19.4. The van der Waals surface area contributed by atoms with Crippen LogP contribution in [0.1, 0.15) is 68.4 Å². The summed E-state index contributed by atoms with van der Waals surface area (Å²) in [7, 11) is 0. The van der Waals surface area contributed by atoms with Gasteiger partial charge in [0.05, 0.1) is 23.7 Å². The minimum atomic E-state index is -4.73. The number of hydrogen-bond donors (Lipinski definition) is 1. The molecule has 46 heavy (non-hydrogen) atoms. The van der Waals surface area contributed by atoms with Crippen LogP contribution < -0.4 is 10.2 Å². The van der Waals surface area contributed by atoms with Crippen LogP contribution in [0.15, 0.2) is 30.6 Å². The fourth-order valence-corrected chi connectivity index (χ4v) is 6.58. The summed E-state index contributed by atoms with van der Waals surface area (Å²) >= 11 is 1.13. The molecule has 0 aliphatic carbocycles. The van der Waals surface area contributed by atoms with Gasteiger partial charge in [-0.1, -0.05) is 11.3 Å². The zero-order chi connectivity index (χ0) is 33.4. The number of halogens is 4. The van der Waals surface area contributed by atoms with E-state index in [2.05, 4.69) is 32.1 Å². The number of alkyl halides is 3. The molecule has 3 aromatic rings. The van der Waals surface area contributed by atoms with Crippen LogP contribution >= 0.6 is 11.3 Å². The first-order valence-corrected chi connectivity index (χ1v) is 15.9. The molecule has 1 N–H and O–H groups in total. The van der Waals surface area contributed by atoms with Crippen molar-refractivity contribution in [2.24, 2.45) is 0 Å². The number of rotatable bonds is 6. The van der Waals surface area contributed by atoms with Gasteiger partial charge in [-0.3, -0.25) is 15.0 Å². The number of benzene rings is 1. The minimum Gasteiger partial charge on any atom is -0.444 e. The fourth-order valence-electron chi connectivity index (χ4n) is 5.58. The number of carbonyl (C=O) groups excluding carboxylic acids is 2. The number of aromatic nitrogens is 3.